The van der Waals surface area contributed by atoms with Crippen LogP contribution in [0.15, 0.2) is 46.7 Å². The zero-order chi connectivity index (χ0) is 21.6. The van der Waals surface area contributed by atoms with Gasteiger partial charge in [0.25, 0.3) is 5.91 Å². The van der Waals surface area contributed by atoms with Crippen molar-refractivity contribution in [3.63, 3.8) is 0 Å². The van der Waals surface area contributed by atoms with Gasteiger partial charge in [-0.3, -0.25) is 4.79 Å². The largest absolute Gasteiger partial charge is 0.450 e. The van der Waals surface area contributed by atoms with Gasteiger partial charge in [0, 0.05) is 43.2 Å². The Hall–Kier alpha value is -2.43. The highest BCUT2D eigenvalue weighted by molar-refractivity contribution is 7.89. The summed E-state index contributed by atoms with van der Waals surface area (Å²) in [6, 6.07) is 9.82. The van der Waals surface area contributed by atoms with Crippen LogP contribution in [0.3, 0.4) is 0 Å². The summed E-state index contributed by atoms with van der Waals surface area (Å²) < 4.78 is 32.5. The van der Waals surface area contributed by atoms with Crippen LogP contribution in [0.4, 0.5) is 4.79 Å². The summed E-state index contributed by atoms with van der Waals surface area (Å²) in [7, 11) is -3.63. The normalized spacial score (nSPS) is 14.6. The van der Waals surface area contributed by atoms with Gasteiger partial charge in [-0.2, -0.15) is 0 Å². The molecule has 1 aromatic carbocycles. The van der Waals surface area contributed by atoms with Crippen LogP contribution in [-0.4, -0.2) is 69.5 Å². The van der Waals surface area contributed by atoms with Gasteiger partial charge in [-0.05, 0) is 49.1 Å². The Morgan fingerprint density at radius 2 is 1.73 bits per heavy atom. The van der Waals surface area contributed by atoms with E-state index in [-0.39, 0.29) is 16.9 Å². The number of benzene rings is 1. The summed E-state index contributed by atoms with van der Waals surface area (Å²) in [5.41, 5.74) is 0.414. The van der Waals surface area contributed by atoms with Crippen molar-refractivity contribution in [2.45, 2.75) is 18.2 Å². The van der Waals surface area contributed by atoms with Crippen molar-refractivity contribution < 1.29 is 22.7 Å². The lowest BCUT2D eigenvalue weighted by molar-refractivity contribution is 0.0570. The predicted octanol–water partition coefficient (Wildman–Crippen LogP) is 2.18. The number of sulfonamides is 1. The first-order valence-electron chi connectivity index (χ1n) is 9.74. The van der Waals surface area contributed by atoms with Crippen LogP contribution in [0.5, 0.6) is 0 Å². The molecule has 30 heavy (non-hydrogen) atoms. The Bertz CT molecular complexity index is 951. The Labute approximate surface area is 180 Å². The maximum atomic E-state index is 12.7. The van der Waals surface area contributed by atoms with E-state index in [1.165, 1.54) is 24.3 Å². The van der Waals surface area contributed by atoms with Crippen LogP contribution < -0.4 is 4.72 Å². The molecule has 162 valence electrons. The first-order valence-corrected chi connectivity index (χ1v) is 12.1. The summed E-state index contributed by atoms with van der Waals surface area (Å²) in [5.74, 6) is -0.187. The van der Waals surface area contributed by atoms with E-state index in [1.54, 1.807) is 28.1 Å². The fourth-order valence-corrected chi connectivity index (χ4v) is 4.85. The van der Waals surface area contributed by atoms with Crippen molar-refractivity contribution >= 4 is 33.4 Å². The summed E-state index contributed by atoms with van der Waals surface area (Å²) in [4.78, 5) is 28.9. The maximum Gasteiger partial charge on any atom is 0.409 e. The van der Waals surface area contributed by atoms with Crippen LogP contribution >= 0.6 is 11.3 Å². The molecule has 1 N–H and O–H groups in total. The second-order valence-electron chi connectivity index (χ2n) is 6.73. The molecule has 10 heteroatoms. The van der Waals surface area contributed by atoms with E-state index in [0.717, 1.165) is 4.88 Å². The van der Waals surface area contributed by atoms with E-state index in [9.17, 15) is 18.0 Å². The molecule has 1 fully saturated rings. The van der Waals surface area contributed by atoms with Crippen LogP contribution in [0.2, 0.25) is 0 Å². The summed E-state index contributed by atoms with van der Waals surface area (Å²) >= 11 is 1.59. The standard InChI is InChI=1S/C20H25N3O5S2/c1-2-28-20(25)23-13-11-22(12-14-23)19(24)16-5-7-18(8-6-16)30(26,27)21-10-9-17-4-3-15-29-17/h3-8,15,21H,2,9-14H2,1H3. The average molecular weight is 452 g/mol. The van der Waals surface area contributed by atoms with Crippen LogP contribution in [-0.2, 0) is 21.2 Å². The van der Waals surface area contributed by atoms with Gasteiger partial charge in [-0.25, -0.2) is 17.9 Å². The van der Waals surface area contributed by atoms with Gasteiger partial charge in [0.05, 0.1) is 11.5 Å². The van der Waals surface area contributed by atoms with E-state index in [0.29, 0.717) is 51.3 Å². The predicted molar refractivity (Wildman–Crippen MR) is 114 cm³/mol. The van der Waals surface area contributed by atoms with Gasteiger partial charge in [-0.15, -0.1) is 11.3 Å². The molecule has 2 amide bonds. The quantitative estimate of drug-likeness (QED) is 0.696. The van der Waals surface area contributed by atoms with E-state index in [2.05, 4.69) is 4.72 Å². The number of ether oxygens (including phenoxy) is 1. The molecule has 8 nitrogen and oxygen atoms in total. The van der Waals surface area contributed by atoms with Gasteiger partial charge < -0.3 is 14.5 Å². The first-order chi connectivity index (χ1) is 14.4. The monoisotopic (exact) mass is 451 g/mol. The summed E-state index contributed by atoms with van der Waals surface area (Å²) in [5, 5.41) is 1.95. The molecule has 1 aliphatic heterocycles. The van der Waals surface area contributed by atoms with Gasteiger partial charge in [-0.1, -0.05) is 6.07 Å². The van der Waals surface area contributed by atoms with Crippen molar-refractivity contribution in [1.29, 1.82) is 0 Å². The number of nitrogens with one attached hydrogen (secondary N) is 1. The Morgan fingerprint density at radius 3 is 2.33 bits per heavy atom. The number of amides is 2. The molecule has 0 atom stereocenters. The number of thiophene rings is 1. The molecular formula is C20H25N3O5S2. The molecule has 3 rings (SSSR count). The number of piperazine rings is 1. The number of hydrogen-bond donors (Lipinski definition) is 1. The SMILES string of the molecule is CCOC(=O)N1CCN(C(=O)c2ccc(S(=O)(=O)NCCc3cccs3)cc2)CC1. The maximum absolute atomic E-state index is 12.7. The Morgan fingerprint density at radius 1 is 1.07 bits per heavy atom. The molecule has 0 aliphatic carbocycles. The molecule has 0 spiro atoms. The highest BCUT2D eigenvalue weighted by Crippen LogP contribution is 2.15. The fraction of sp³-hybridized carbons (Fsp3) is 0.400. The number of nitrogens with zero attached hydrogens (tertiary/aromatic N) is 2. The minimum atomic E-state index is -3.63. The number of carbonyl (C=O) groups excluding carboxylic acids is 2. The third-order valence-corrected chi connectivity index (χ3v) is 7.16. The van der Waals surface area contributed by atoms with Crippen LogP contribution in [0, 0.1) is 0 Å². The van der Waals surface area contributed by atoms with E-state index in [1.807, 2.05) is 17.5 Å². The molecule has 0 saturated carbocycles. The van der Waals surface area contributed by atoms with Crippen molar-refractivity contribution in [1.82, 2.24) is 14.5 Å². The van der Waals surface area contributed by atoms with Gasteiger partial charge in [0.15, 0.2) is 0 Å². The molecule has 1 saturated heterocycles. The third kappa shape index (κ3) is 5.59. The lowest BCUT2D eigenvalue weighted by atomic mass is 10.2. The smallest absolute Gasteiger partial charge is 0.409 e. The Balaban J connectivity index is 1.54. The van der Waals surface area contributed by atoms with Crippen molar-refractivity contribution in [3.8, 4) is 0 Å². The minimum absolute atomic E-state index is 0.123. The number of carbonyl (C=O) groups is 2. The molecule has 0 bridgehead atoms. The summed E-state index contributed by atoms with van der Waals surface area (Å²) in [6.07, 6.45) is 0.261. The van der Waals surface area contributed by atoms with E-state index >= 15 is 0 Å². The van der Waals surface area contributed by atoms with E-state index in [4.69, 9.17) is 4.74 Å². The van der Waals surface area contributed by atoms with Gasteiger partial charge in [0.1, 0.15) is 0 Å². The highest BCUT2D eigenvalue weighted by Gasteiger charge is 2.25. The molecule has 1 aromatic heterocycles. The van der Waals surface area contributed by atoms with Crippen LogP contribution in [0.25, 0.3) is 0 Å². The van der Waals surface area contributed by atoms with Crippen LogP contribution in [0.1, 0.15) is 22.2 Å². The zero-order valence-corrected chi connectivity index (χ0v) is 18.4. The lowest BCUT2D eigenvalue weighted by Gasteiger charge is -2.34. The van der Waals surface area contributed by atoms with Crippen molar-refractivity contribution in [2.75, 3.05) is 39.3 Å². The second-order valence-corrected chi connectivity index (χ2v) is 9.53. The van der Waals surface area contributed by atoms with Gasteiger partial charge >= 0.3 is 6.09 Å². The molecule has 1 aliphatic rings. The van der Waals surface area contributed by atoms with Gasteiger partial charge in [0.2, 0.25) is 10.0 Å². The molecule has 2 aromatic rings. The lowest BCUT2D eigenvalue weighted by Crippen LogP contribution is -2.50. The second kappa shape index (κ2) is 10.1. The van der Waals surface area contributed by atoms with E-state index < -0.39 is 10.0 Å². The molecule has 0 unspecified atom stereocenters. The minimum Gasteiger partial charge on any atom is -0.450 e. The van der Waals surface area contributed by atoms with Crippen molar-refractivity contribution in [3.05, 3.63) is 52.2 Å². The Kier molecular flexibility index (Phi) is 7.46. The number of rotatable bonds is 7. The first kappa shape index (κ1) is 22.3. The topological polar surface area (TPSA) is 96.0 Å². The summed E-state index contributed by atoms with van der Waals surface area (Å²) in [6.45, 7) is 4.01. The molecule has 2 heterocycles. The number of hydrogen-bond acceptors (Lipinski definition) is 6. The third-order valence-electron chi connectivity index (χ3n) is 4.75. The van der Waals surface area contributed by atoms with Crippen molar-refractivity contribution in [2.24, 2.45) is 0 Å². The zero-order valence-electron chi connectivity index (χ0n) is 16.7. The molecule has 0 radical (unpaired) electrons. The fourth-order valence-electron chi connectivity index (χ4n) is 3.11. The highest BCUT2D eigenvalue weighted by atomic mass is 32.2. The average Bonchev–Trinajstić information content (AvgIpc) is 3.27. The molecular weight excluding hydrogens is 426 g/mol.